The number of halogens is 1. The van der Waals surface area contributed by atoms with E-state index in [4.69, 9.17) is 4.74 Å². The van der Waals surface area contributed by atoms with Crippen LogP contribution in [0, 0.1) is 5.82 Å². The number of hydrogen-bond acceptors (Lipinski definition) is 5. The molecule has 8 heteroatoms. The second kappa shape index (κ2) is 9.42. The molecule has 0 unspecified atom stereocenters. The van der Waals surface area contributed by atoms with E-state index < -0.39 is 11.7 Å². The van der Waals surface area contributed by atoms with Crippen LogP contribution >= 0.6 is 0 Å². The van der Waals surface area contributed by atoms with Crippen LogP contribution in [0.3, 0.4) is 0 Å². The molecule has 0 aliphatic rings. The van der Waals surface area contributed by atoms with Crippen molar-refractivity contribution in [1.29, 1.82) is 0 Å². The summed E-state index contributed by atoms with van der Waals surface area (Å²) in [6, 6.07) is 4.18. The number of rotatable bonds is 8. The number of hydrogen-bond donors (Lipinski definition) is 2. The Morgan fingerprint density at radius 1 is 1.26 bits per heavy atom. The van der Waals surface area contributed by atoms with E-state index in [0.717, 1.165) is 5.57 Å². The predicted octanol–water partition coefficient (Wildman–Crippen LogP) is 2.50. The van der Waals surface area contributed by atoms with Gasteiger partial charge in [-0.2, -0.15) is 0 Å². The molecule has 0 radical (unpaired) electrons. The fraction of sp³-hybridized carbons (Fsp3) is 0.263. The average Bonchev–Trinajstić information content (AvgIpc) is 2.66. The third-order valence-electron chi connectivity index (χ3n) is 3.53. The lowest BCUT2D eigenvalue weighted by Gasteiger charge is -2.09. The average molecular weight is 372 g/mol. The highest BCUT2D eigenvalue weighted by Gasteiger charge is 2.11. The smallest absolute Gasteiger partial charge is 0.275 e. The third kappa shape index (κ3) is 6.18. The van der Waals surface area contributed by atoms with Gasteiger partial charge < -0.3 is 15.4 Å². The van der Waals surface area contributed by atoms with Crippen molar-refractivity contribution < 1.29 is 18.7 Å². The zero-order valence-electron chi connectivity index (χ0n) is 15.2. The van der Waals surface area contributed by atoms with Gasteiger partial charge in [0, 0.05) is 19.2 Å². The van der Waals surface area contributed by atoms with Crippen LogP contribution in [-0.2, 0) is 11.2 Å². The van der Waals surface area contributed by atoms with Gasteiger partial charge in [-0.25, -0.2) is 14.4 Å². The number of ether oxygens (including phenoxy) is 1. The van der Waals surface area contributed by atoms with Crippen LogP contribution in [0.15, 0.2) is 42.7 Å². The first-order valence-electron chi connectivity index (χ1n) is 8.28. The SMILES string of the molecule is C=C(C)COc1cnc(C(=O)Nc2ccc(F)c(CCC(=O)NC)c2)cn1. The van der Waals surface area contributed by atoms with E-state index in [2.05, 4.69) is 27.2 Å². The van der Waals surface area contributed by atoms with Gasteiger partial charge in [-0.3, -0.25) is 9.59 Å². The zero-order valence-corrected chi connectivity index (χ0v) is 15.2. The molecule has 0 spiro atoms. The van der Waals surface area contributed by atoms with Crippen LogP contribution in [0.4, 0.5) is 10.1 Å². The van der Waals surface area contributed by atoms with E-state index in [1.54, 1.807) is 0 Å². The van der Waals surface area contributed by atoms with Gasteiger partial charge in [0.15, 0.2) is 0 Å². The summed E-state index contributed by atoms with van der Waals surface area (Å²) in [5.74, 6) is -0.825. The molecule has 2 rings (SSSR count). The Morgan fingerprint density at radius 2 is 2.04 bits per heavy atom. The van der Waals surface area contributed by atoms with Crippen LogP contribution in [-0.4, -0.2) is 35.4 Å². The highest BCUT2D eigenvalue weighted by Crippen LogP contribution is 2.17. The quantitative estimate of drug-likeness (QED) is 0.695. The maximum atomic E-state index is 13.9. The number of nitrogens with zero attached hydrogens (tertiary/aromatic N) is 2. The Kier molecular flexibility index (Phi) is 6.99. The molecule has 1 aromatic heterocycles. The minimum atomic E-state index is -0.488. The Morgan fingerprint density at radius 3 is 2.67 bits per heavy atom. The molecule has 0 aliphatic heterocycles. The summed E-state index contributed by atoms with van der Waals surface area (Å²) in [7, 11) is 1.52. The number of benzene rings is 1. The maximum absolute atomic E-state index is 13.9. The topological polar surface area (TPSA) is 93.2 Å². The van der Waals surface area contributed by atoms with Crippen molar-refractivity contribution in [3.8, 4) is 5.88 Å². The van der Waals surface area contributed by atoms with Gasteiger partial charge >= 0.3 is 0 Å². The number of amides is 2. The number of carbonyl (C=O) groups excluding carboxylic acids is 2. The lowest BCUT2D eigenvalue weighted by molar-refractivity contribution is -0.120. The second-order valence-electron chi connectivity index (χ2n) is 5.92. The lowest BCUT2D eigenvalue weighted by atomic mass is 10.1. The summed E-state index contributed by atoms with van der Waals surface area (Å²) >= 11 is 0. The van der Waals surface area contributed by atoms with Crippen molar-refractivity contribution >= 4 is 17.5 Å². The largest absolute Gasteiger partial charge is 0.472 e. The molecule has 7 nitrogen and oxygen atoms in total. The van der Waals surface area contributed by atoms with Crippen molar-refractivity contribution in [2.75, 3.05) is 19.0 Å². The Bertz CT molecular complexity index is 837. The first kappa shape index (κ1) is 20.0. The molecule has 1 heterocycles. The van der Waals surface area contributed by atoms with Crippen molar-refractivity contribution in [2.45, 2.75) is 19.8 Å². The molecule has 27 heavy (non-hydrogen) atoms. The summed E-state index contributed by atoms with van der Waals surface area (Å²) in [6.45, 7) is 5.85. The number of aromatic nitrogens is 2. The van der Waals surface area contributed by atoms with Gasteiger partial charge in [0.05, 0.1) is 12.4 Å². The fourth-order valence-corrected chi connectivity index (χ4v) is 2.12. The Labute approximate surface area is 156 Å². The first-order chi connectivity index (χ1) is 12.9. The zero-order chi connectivity index (χ0) is 19.8. The first-order valence-corrected chi connectivity index (χ1v) is 8.28. The fourth-order valence-electron chi connectivity index (χ4n) is 2.12. The van der Waals surface area contributed by atoms with E-state index >= 15 is 0 Å². The van der Waals surface area contributed by atoms with E-state index in [1.165, 1.54) is 37.6 Å². The lowest BCUT2D eigenvalue weighted by Crippen LogP contribution is -2.18. The van der Waals surface area contributed by atoms with Crippen molar-refractivity contribution in [3.63, 3.8) is 0 Å². The van der Waals surface area contributed by atoms with Gasteiger partial charge in [0.2, 0.25) is 11.8 Å². The summed E-state index contributed by atoms with van der Waals surface area (Å²) in [5, 5.41) is 5.11. The molecule has 0 atom stereocenters. The molecule has 2 aromatic rings. The highest BCUT2D eigenvalue weighted by atomic mass is 19.1. The summed E-state index contributed by atoms with van der Waals surface area (Å²) in [4.78, 5) is 31.6. The number of carbonyl (C=O) groups is 2. The molecule has 2 amide bonds. The standard InChI is InChI=1S/C19H21FN4O3/c1-12(2)11-27-18-10-22-16(9-23-18)19(26)24-14-5-6-15(20)13(8-14)4-7-17(25)21-3/h5-6,8-10H,1,4,7,11H2,2-3H3,(H,21,25)(H,24,26). The van der Waals surface area contributed by atoms with Crippen LogP contribution < -0.4 is 15.4 Å². The molecule has 0 fully saturated rings. The molecule has 1 aromatic carbocycles. The maximum Gasteiger partial charge on any atom is 0.275 e. The van der Waals surface area contributed by atoms with E-state index in [-0.39, 0.29) is 30.3 Å². The second-order valence-corrected chi connectivity index (χ2v) is 5.92. The van der Waals surface area contributed by atoms with Crippen molar-refractivity contribution in [1.82, 2.24) is 15.3 Å². The van der Waals surface area contributed by atoms with Gasteiger partial charge in [-0.15, -0.1) is 0 Å². The number of anilines is 1. The minimum absolute atomic E-state index is 0.0916. The van der Waals surface area contributed by atoms with E-state index in [9.17, 15) is 14.0 Å². The summed E-state index contributed by atoms with van der Waals surface area (Å²) in [6.07, 6.45) is 3.02. The minimum Gasteiger partial charge on any atom is -0.472 e. The van der Waals surface area contributed by atoms with E-state index in [0.29, 0.717) is 17.9 Å². The molecule has 0 saturated carbocycles. The van der Waals surface area contributed by atoms with Gasteiger partial charge in [-0.1, -0.05) is 6.58 Å². The van der Waals surface area contributed by atoms with Crippen LogP contribution in [0.25, 0.3) is 0 Å². The van der Waals surface area contributed by atoms with Crippen LogP contribution in [0.5, 0.6) is 5.88 Å². The normalized spacial score (nSPS) is 10.2. The molecular weight excluding hydrogens is 351 g/mol. The molecule has 0 aliphatic carbocycles. The van der Waals surface area contributed by atoms with Gasteiger partial charge in [0.25, 0.3) is 5.91 Å². The molecular formula is C19H21FN4O3. The predicted molar refractivity (Wildman–Crippen MR) is 99.1 cm³/mol. The number of nitrogens with one attached hydrogen (secondary N) is 2. The molecule has 0 saturated heterocycles. The molecule has 142 valence electrons. The summed E-state index contributed by atoms with van der Waals surface area (Å²) in [5.41, 5.74) is 1.67. The number of aryl methyl sites for hydroxylation is 1. The molecule has 2 N–H and O–H groups in total. The van der Waals surface area contributed by atoms with Crippen LogP contribution in [0.2, 0.25) is 0 Å². The van der Waals surface area contributed by atoms with Gasteiger partial charge in [0.1, 0.15) is 18.1 Å². The van der Waals surface area contributed by atoms with E-state index in [1.807, 2.05) is 6.92 Å². The summed E-state index contributed by atoms with van der Waals surface area (Å²) < 4.78 is 19.2. The van der Waals surface area contributed by atoms with Gasteiger partial charge in [-0.05, 0) is 42.7 Å². The highest BCUT2D eigenvalue weighted by molar-refractivity contribution is 6.02. The van der Waals surface area contributed by atoms with Crippen molar-refractivity contribution in [3.05, 3.63) is 59.8 Å². The van der Waals surface area contributed by atoms with Crippen molar-refractivity contribution in [2.24, 2.45) is 0 Å². The monoisotopic (exact) mass is 372 g/mol. The molecule has 0 bridgehead atoms. The third-order valence-corrected chi connectivity index (χ3v) is 3.53. The Balaban J connectivity index is 2.02. The van der Waals surface area contributed by atoms with Crippen LogP contribution in [0.1, 0.15) is 29.4 Å². The Hall–Kier alpha value is -3.29.